The summed E-state index contributed by atoms with van der Waals surface area (Å²) in [6.07, 6.45) is -1.41. The van der Waals surface area contributed by atoms with Crippen LogP contribution in [0.15, 0.2) is 28.7 Å². The topological polar surface area (TPSA) is 17.1 Å². The number of carbonyl (C=O) groups excluding carboxylic acids is 1. The molecule has 0 radical (unpaired) electrons. The molecular weight excluding hydrogens is 273 g/mol. The third kappa shape index (κ3) is 3.20. The highest BCUT2D eigenvalue weighted by molar-refractivity contribution is 9.10. The van der Waals surface area contributed by atoms with Crippen molar-refractivity contribution in [3.8, 4) is 0 Å². The predicted octanol–water partition coefficient (Wildman–Crippen LogP) is 3.68. The van der Waals surface area contributed by atoms with Crippen LogP contribution in [0.2, 0.25) is 0 Å². The highest BCUT2D eigenvalue weighted by Crippen LogP contribution is 2.32. The summed E-state index contributed by atoms with van der Waals surface area (Å²) in [6.45, 7) is 0. The van der Waals surface area contributed by atoms with Crippen molar-refractivity contribution in [2.24, 2.45) is 0 Å². The van der Waals surface area contributed by atoms with Crippen LogP contribution >= 0.6 is 15.9 Å². The van der Waals surface area contributed by atoms with Gasteiger partial charge >= 0.3 is 6.18 Å². The summed E-state index contributed by atoms with van der Waals surface area (Å²) in [5.74, 6) is 0. The lowest BCUT2D eigenvalue weighted by Gasteiger charge is -2.08. The van der Waals surface area contributed by atoms with Gasteiger partial charge in [-0.2, -0.15) is 13.2 Å². The third-order valence-corrected chi connectivity index (χ3v) is 2.40. The average Bonchev–Trinajstić information content (AvgIpc) is 2.15. The van der Waals surface area contributed by atoms with Crippen LogP contribution in [-0.4, -0.2) is 6.29 Å². The second kappa shape index (κ2) is 4.61. The third-order valence-electron chi connectivity index (χ3n) is 1.68. The molecule has 0 atom stereocenters. The quantitative estimate of drug-likeness (QED) is 0.596. The van der Waals surface area contributed by atoms with Gasteiger partial charge in [0.15, 0.2) is 0 Å². The van der Waals surface area contributed by atoms with Crippen molar-refractivity contribution < 1.29 is 18.0 Å². The van der Waals surface area contributed by atoms with Crippen LogP contribution in [0.3, 0.4) is 0 Å². The van der Waals surface area contributed by atoms with E-state index in [0.29, 0.717) is 16.3 Å². The molecule has 80 valence electrons. The van der Waals surface area contributed by atoms with Gasteiger partial charge in [0.25, 0.3) is 0 Å². The van der Waals surface area contributed by atoms with Crippen molar-refractivity contribution >= 4 is 28.3 Å². The van der Waals surface area contributed by atoms with Gasteiger partial charge in [-0.1, -0.05) is 22.0 Å². The summed E-state index contributed by atoms with van der Waals surface area (Å²) in [5, 5.41) is 0. The van der Waals surface area contributed by atoms with Crippen molar-refractivity contribution in [3.05, 3.63) is 39.9 Å². The molecule has 0 N–H and O–H groups in total. The standard InChI is InChI=1S/C10H6BrF3O/c11-9-4-3-8(10(12,13)14)6-7(9)2-1-5-15/h1-6H/b2-1+. The SMILES string of the molecule is O=C/C=C/c1cc(C(F)(F)F)ccc1Br. The van der Waals surface area contributed by atoms with Gasteiger partial charge in [0.05, 0.1) is 5.56 Å². The lowest BCUT2D eigenvalue weighted by Crippen LogP contribution is -2.04. The van der Waals surface area contributed by atoms with Gasteiger partial charge in [-0.15, -0.1) is 0 Å². The van der Waals surface area contributed by atoms with Crippen molar-refractivity contribution in [1.29, 1.82) is 0 Å². The lowest BCUT2D eigenvalue weighted by atomic mass is 10.1. The maximum atomic E-state index is 12.3. The Balaban J connectivity index is 3.16. The Hall–Kier alpha value is -1.10. The van der Waals surface area contributed by atoms with Crippen molar-refractivity contribution in [1.82, 2.24) is 0 Å². The second-order valence-corrected chi connectivity index (χ2v) is 3.58. The van der Waals surface area contributed by atoms with Crippen molar-refractivity contribution in [2.75, 3.05) is 0 Å². The molecule has 0 saturated carbocycles. The summed E-state index contributed by atoms with van der Waals surface area (Å²) in [4.78, 5) is 10.0. The Morgan fingerprint density at radius 3 is 2.47 bits per heavy atom. The van der Waals surface area contributed by atoms with E-state index < -0.39 is 11.7 Å². The number of halogens is 4. The molecule has 5 heteroatoms. The van der Waals surface area contributed by atoms with Crippen LogP contribution < -0.4 is 0 Å². The van der Waals surface area contributed by atoms with Crippen molar-refractivity contribution in [2.45, 2.75) is 6.18 Å². The fourth-order valence-electron chi connectivity index (χ4n) is 0.991. The summed E-state index contributed by atoms with van der Waals surface area (Å²) in [7, 11) is 0. The van der Waals surface area contributed by atoms with Gasteiger partial charge in [0.1, 0.15) is 6.29 Å². The van der Waals surface area contributed by atoms with Gasteiger partial charge < -0.3 is 0 Å². The van der Waals surface area contributed by atoms with Crippen LogP contribution in [0, 0.1) is 0 Å². The van der Waals surface area contributed by atoms with E-state index in [1.165, 1.54) is 12.1 Å². The zero-order valence-electron chi connectivity index (χ0n) is 7.38. The van der Waals surface area contributed by atoms with Gasteiger partial charge in [0.2, 0.25) is 0 Å². The molecule has 0 aromatic heterocycles. The first-order valence-electron chi connectivity index (χ1n) is 3.94. The van der Waals surface area contributed by atoms with Crippen LogP contribution in [-0.2, 0) is 11.0 Å². The predicted molar refractivity (Wildman–Crippen MR) is 54.2 cm³/mol. The zero-order chi connectivity index (χ0) is 11.5. The Bertz CT molecular complexity index is 396. The minimum Gasteiger partial charge on any atom is -0.299 e. The lowest BCUT2D eigenvalue weighted by molar-refractivity contribution is -0.137. The summed E-state index contributed by atoms with van der Waals surface area (Å²) in [6, 6.07) is 3.25. The van der Waals surface area contributed by atoms with Crippen LogP contribution in [0.4, 0.5) is 13.2 Å². The smallest absolute Gasteiger partial charge is 0.299 e. The van der Waals surface area contributed by atoms with Gasteiger partial charge in [-0.3, -0.25) is 4.79 Å². The Morgan fingerprint density at radius 1 is 1.27 bits per heavy atom. The number of rotatable bonds is 2. The maximum absolute atomic E-state index is 12.3. The Labute approximate surface area is 92.7 Å². The molecule has 0 bridgehead atoms. The molecular formula is C10H6BrF3O. The van der Waals surface area contributed by atoms with Gasteiger partial charge in [-0.25, -0.2) is 0 Å². The summed E-state index contributed by atoms with van der Waals surface area (Å²) in [5.41, 5.74) is -0.423. The molecule has 0 amide bonds. The van der Waals surface area contributed by atoms with Crippen LogP contribution in [0.25, 0.3) is 6.08 Å². The fourth-order valence-corrected chi connectivity index (χ4v) is 1.37. The number of hydrogen-bond donors (Lipinski definition) is 0. The van der Waals surface area contributed by atoms with E-state index in [1.807, 2.05) is 0 Å². The highest BCUT2D eigenvalue weighted by Gasteiger charge is 2.30. The fraction of sp³-hybridized carbons (Fsp3) is 0.100. The molecule has 0 aliphatic carbocycles. The number of hydrogen-bond acceptors (Lipinski definition) is 1. The van der Waals surface area contributed by atoms with Gasteiger partial charge in [0, 0.05) is 4.47 Å². The number of allylic oxidation sites excluding steroid dienone is 1. The summed E-state index contributed by atoms with van der Waals surface area (Å²) >= 11 is 3.09. The number of benzene rings is 1. The minimum atomic E-state index is -4.37. The molecule has 0 spiro atoms. The molecule has 0 heterocycles. The first-order valence-corrected chi connectivity index (χ1v) is 4.73. The molecule has 0 aliphatic rings. The van der Waals surface area contributed by atoms with Crippen LogP contribution in [0.5, 0.6) is 0 Å². The molecule has 1 aromatic rings. The molecule has 1 nitrogen and oxygen atoms in total. The van der Waals surface area contributed by atoms with Crippen LogP contribution in [0.1, 0.15) is 11.1 Å². The van der Waals surface area contributed by atoms with Crippen molar-refractivity contribution in [3.63, 3.8) is 0 Å². The van der Waals surface area contributed by atoms with E-state index in [0.717, 1.165) is 18.2 Å². The molecule has 0 saturated heterocycles. The van der Waals surface area contributed by atoms with E-state index in [2.05, 4.69) is 15.9 Å². The highest BCUT2D eigenvalue weighted by atomic mass is 79.9. The largest absolute Gasteiger partial charge is 0.416 e. The number of carbonyl (C=O) groups is 1. The Kier molecular flexibility index (Phi) is 3.68. The van der Waals surface area contributed by atoms with E-state index in [9.17, 15) is 18.0 Å². The average molecular weight is 279 g/mol. The molecule has 1 rings (SSSR count). The van der Waals surface area contributed by atoms with E-state index in [4.69, 9.17) is 0 Å². The number of alkyl halides is 3. The van der Waals surface area contributed by atoms with E-state index in [-0.39, 0.29) is 0 Å². The molecule has 0 aliphatic heterocycles. The second-order valence-electron chi connectivity index (χ2n) is 2.73. The Morgan fingerprint density at radius 2 is 1.93 bits per heavy atom. The molecule has 15 heavy (non-hydrogen) atoms. The first-order chi connectivity index (χ1) is 6.95. The van der Waals surface area contributed by atoms with E-state index >= 15 is 0 Å². The number of aldehydes is 1. The summed E-state index contributed by atoms with van der Waals surface area (Å²) < 4.78 is 37.4. The van der Waals surface area contributed by atoms with Gasteiger partial charge in [-0.05, 0) is 29.8 Å². The maximum Gasteiger partial charge on any atom is 0.416 e. The zero-order valence-corrected chi connectivity index (χ0v) is 8.97. The molecule has 1 aromatic carbocycles. The monoisotopic (exact) mass is 278 g/mol. The molecule has 0 unspecified atom stereocenters. The normalized spacial score (nSPS) is 12.0. The van der Waals surface area contributed by atoms with E-state index in [1.54, 1.807) is 0 Å². The first kappa shape index (κ1) is 12.0. The molecule has 0 fully saturated rings. The minimum absolute atomic E-state index is 0.317.